The first-order valence-corrected chi connectivity index (χ1v) is 9.51. The standard InChI is InChI=1S/C18H33BrO3/c1-5-7-8-9-10-11-12-13-14-18(3,19)16(20)15(6-2)17(21)22-4/h15H,5-14H2,1-4H3/t15-,18+/m0/s1. The summed E-state index contributed by atoms with van der Waals surface area (Å²) in [5, 5.41) is 0. The number of alkyl halides is 1. The molecule has 0 aliphatic carbocycles. The fourth-order valence-corrected chi connectivity index (χ4v) is 3.24. The monoisotopic (exact) mass is 376 g/mol. The number of rotatable bonds is 13. The normalized spacial score (nSPS) is 15.1. The van der Waals surface area contributed by atoms with E-state index in [0.717, 1.165) is 19.3 Å². The Bertz CT molecular complexity index is 326. The fourth-order valence-electron chi connectivity index (χ4n) is 2.68. The van der Waals surface area contributed by atoms with E-state index in [2.05, 4.69) is 22.9 Å². The summed E-state index contributed by atoms with van der Waals surface area (Å²) < 4.78 is 4.11. The fraction of sp³-hybridized carbons (Fsp3) is 0.889. The lowest BCUT2D eigenvalue weighted by molar-refractivity contribution is -0.150. The molecule has 4 heteroatoms. The van der Waals surface area contributed by atoms with Crippen LogP contribution in [0.3, 0.4) is 0 Å². The number of unbranched alkanes of at least 4 members (excludes halogenated alkanes) is 7. The first-order chi connectivity index (χ1) is 10.4. The quantitative estimate of drug-likeness (QED) is 0.186. The molecule has 0 fully saturated rings. The second-order valence-electron chi connectivity index (χ2n) is 6.27. The van der Waals surface area contributed by atoms with Crippen LogP contribution < -0.4 is 0 Å². The number of ketones is 1. The van der Waals surface area contributed by atoms with Crippen LogP contribution in [0.25, 0.3) is 0 Å². The van der Waals surface area contributed by atoms with Crippen molar-refractivity contribution in [3.05, 3.63) is 0 Å². The molecule has 0 radical (unpaired) electrons. The minimum absolute atomic E-state index is 0.0511. The number of ether oxygens (including phenoxy) is 1. The van der Waals surface area contributed by atoms with Crippen LogP contribution in [0.5, 0.6) is 0 Å². The second-order valence-corrected chi connectivity index (χ2v) is 8.02. The molecule has 0 bridgehead atoms. The van der Waals surface area contributed by atoms with E-state index in [-0.39, 0.29) is 5.78 Å². The van der Waals surface area contributed by atoms with Gasteiger partial charge in [-0.1, -0.05) is 81.1 Å². The van der Waals surface area contributed by atoms with Crippen molar-refractivity contribution in [2.75, 3.05) is 7.11 Å². The zero-order valence-electron chi connectivity index (χ0n) is 14.8. The zero-order valence-corrected chi connectivity index (χ0v) is 16.3. The number of carbonyl (C=O) groups is 2. The third kappa shape index (κ3) is 8.30. The number of esters is 1. The lowest BCUT2D eigenvalue weighted by atomic mass is 9.88. The minimum Gasteiger partial charge on any atom is -0.468 e. The first kappa shape index (κ1) is 21.6. The summed E-state index contributed by atoms with van der Waals surface area (Å²) in [6.45, 7) is 5.95. The highest BCUT2D eigenvalue weighted by Crippen LogP contribution is 2.30. The summed E-state index contributed by atoms with van der Waals surface area (Å²) in [5.74, 6) is -1.12. The average molecular weight is 377 g/mol. The molecular weight excluding hydrogens is 344 g/mol. The third-order valence-electron chi connectivity index (χ3n) is 4.22. The molecule has 0 aromatic heterocycles. The van der Waals surface area contributed by atoms with Crippen LogP contribution in [0, 0.1) is 5.92 Å². The number of hydrogen-bond acceptors (Lipinski definition) is 3. The van der Waals surface area contributed by atoms with Gasteiger partial charge in [0.05, 0.1) is 11.4 Å². The molecule has 0 amide bonds. The van der Waals surface area contributed by atoms with Crippen molar-refractivity contribution in [2.45, 2.75) is 89.3 Å². The zero-order chi connectivity index (χ0) is 17.0. The van der Waals surface area contributed by atoms with E-state index in [9.17, 15) is 9.59 Å². The summed E-state index contributed by atoms with van der Waals surface area (Å²) in [6, 6.07) is 0. The number of hydrogen-bond donors (Lipinski definition) is 0. The van der Waals surface area contributed by atoms with Gasteiger partial charge in [-0.2, -0.15) is 0 Å². The van der Waals surface area contributed by atoms with E-state index < -0.39 is 16.2 Å². The van der Waals surface area contributed by atoms with Crippen molar-refractivity contribution in [3.8, 4) is 0 Å². The van der Waals surface area contributed by atoms with Gasteiger partial charge in [0.15, 0.2) is 5.78 Å². The van der Waals surface area contributed by atoms with Crippen molar-refractivity contribution in [1.82, 2.24) is 0 Å². The Kier molecular flexibility index (Phi) is 11.9. The molecular formula is C18H33BrO3. The number of carbonyl (C=O) groups excluding carboxylic acids is 2. The van der Waals surface area contributed by atoms with Crippen molar-refractivity contribution in [2.24, 2.45) is 5.92 Å². The molecule has 130 valence electrons. The second kappa shape index (κ2) is 12.1. The Balaban J connectivity index is 4.07. The molecule has 2 atom stereocenters. The maximum atomic E-state index is 12.5. The van der Waals surface area contributed by atoms with Crippen LogP contribution in [0.15, 0.2) is 0 Å². The van der Waals surface area contributed by atoms with Gasteiger partial charge in [0.25, 0.3) is 0 Å². The van der Waals surface area contributed by atoms with E-state index in [4.69, 9.17) is 4.74 Å². The largest absolute Gasteiger partial charge is 0.468 e. The average Bonchev–Trinajstić information content (AvgIpc) is 2.50. The molecule has 0 spiro atoms. The maximum Gasteiger partial charge on any atom is 0.316 e. The Morgan fingerprint density at radius 3 is 1.95 bits per heavy atom. The summed E-state index contributed by atoms with van der Waals surface area (Å²) >= 11 is 3.53. The van der Waals surface area contributed by atoms with E-state index in [1.165, 1.54) is 45.6 Å². The predicted molar refractivity (Wildman–Crippen MR) is 95.4 cm³/mol. The van der Waals surface area contributed by atoms with E-state index in [0.29, 0.717) is 6.42 Å². The van der Waals surface area contributed by atoms with Gasteiger partial charge in [-0.3, -0.25) is 9.59 Å². The van der Waals surface area contributed by atoms with E-state index in [1.807, 2.05) is 13.8 Å². The molecule has 22 heavy (non-hydrogen) atoms. The van der Waals surface area contributed by atoms with Crippen molar-refractivity contribution >= 4 is 27.7 Å². The summed E-state index contributed by atoms with van der Waals surface area (Å²) in [5.41, 5.74) is 0. The molecule has 0 aliphatic heterocycles. The van der Waals surface area contributed by atoms with Crippen LogP contribution in [-0.2, 0) is 14.3 Å². The Morgan fingerprint density at radius 1 is 1.00 bits per heavy atom. The molecule has 3 nitrogen and oxygen atoms in total. The lowest BCUT2D eigenvalue weighted by Gasteiger charge is -2.25. The minimum atomic E-state index is -0.650. The van der Waals surface area contributed by atoms with Crippen LogP contribution in [0.4, 0.5) is 0 Å². The predicted octanol–water partition coefficient (Wildman–Crippen LogP) is 5.44. The Labute approximate surface area is 144 Å². The molecule has 0 aromatic rings. The van der Waals surface area contributed by atoms with Crippen molar-refractivity contribution in [3.63, 3.8) is 0 Å². The lowest BCUT2D eigenvalue weighted by Crippen LogP contribution is -2.38. The van der Waals surface area contributed by atoms with Crippen LogP contribution in [0.1, 0.15) is 85.0 Å². The van der Waals surface area contributed by atoms with Crippen molar-refractivity contribution in [1.29, 1.82) is 0 Å². The number of halogens is 1. The number of Topliss-reactive ketones (excluding diaryl/α,β-unsaturated/α-hetero) is 1. The number of methoxy groups -OCH3 is 1. The molecule has 0 aliphatic rings. The third-order valence-corrected chi connectivity index (χ3v) is 5.01. The van der Waals surface area contributed by atoms with Gasteiger partial charge in [0, 0.05) is 0 Å². The molecule has 0 unspecified atom stereocenters. The highest BCUT2D eigenvalue weighted by Gasteiger charge is 2.38. The molecule has 0 rings (SSSR count). The maximum absolute atomic E-state index is 12.5. The molecule has 0 aromatic carbocycles. The van der Waals surface area contributed by atoms with Crippen molar-refractivity contribution < 1.29 is 14.3 Å². The smallest absolute Gasteiger partial charge is 0.316 e. The van der Waals surface area contributed by atoms with Gasteiger partial charge in [-0.15, -0.1) is 0 Å². The van der Waals surface area contributed by atoms with Gasteiger partial charge in [0.1, 0.15) is 5.92 Å². The van der Waals surface area contributed by atoms with Gasteiger partial charge in [-0.25, -0.2) is 0 Å². The van der Waals surface area contributed by atoms with Crippen LogP contribution in [-0.4, -0.2) is 23.2 Å². The molecule has 0 saturated carbocycles. The van der Waals surface area contributed by atoms with Gasteiger partial charge < -0.3 is 4.74 Å². The highest BCUT2D eigenvalue weighted by atomic mass is 79.9. The topological polar surface area (TPSA) is 43.4 Å². The van der Waals surface area contributed by atoms with Crippen LogP contribution >= 0.6 is 15.9 Å². The van der Waals surface area contributed by atoms with E-state index >= 15 is 0 Å². The summed E-state index contributed by atoms with van der Waals surface area (Å²) in [7, 11) is 1.34. The van der Waals surface area contributed by atoms with Gasteiger partial charge in [0.2, 0.25) is 0 Å². The summed E-state index contributed by atoms with van der Waals surface area (Å²) in [4.78, 5) is 24.2. The highest BCUT2D eigenvalue weighted by molar-refractivity contribution is 9.10. The van der Waals surface area contributed by atoms with Crippen LogP contribution in [0.2, 0.25) is 0 Å². The van der Waals surface area contributed by atoms with Gasteiger partial charge >= 0.3 is 5.97 Å². The Hall–Kier alpha value is -0.380. The van der Waals surface area contributed by atoms with Gasteiger partial charge in [-0.05, 0) is 19.8 Å². The Morgan fingerprint density at radius 2 is 1.50 bits per heavy atom. The molecule has 0 saturated heterocycles. The van der Waals surface area contributed by atoms with E-state index in [1.54, 1.807) is 0 Å². The SMILES string of the molecule is CCCCCCCCCC[C@@](C)(Br)C(=O)[C@H](CC)C(=O)OC. The first-order valence-electron chi connectivity index (χ1n) is 8.71. The summed E-state index contributed by atoms with van der Waals surface area (Å²) in [6.07, 6.45) is 11.2. The molecule has 0 N–H and O–H groups in total. The molecule has 0 heterocycles.